The van der Waals surface area contributed by atoms with Gasteiger partial charge in [-0.3, -0.25) is 0 Å². The molecule has 10 aromatic rings. The Morgan fingerprint density at radius 2 is 0.887 bits per heavy atom. The molecular weight excluding hydrogens is 757 g/mol. The topological polar surface area (TPSA) is 55.1 Å². The highest BCUT2D eigenvalue weighted by atomic mass is 16.3. The summed E-state index contributed by atoms with van der Waals surface area (Å²) in [6.07, 6.45) is 4.47. The Balaban J connectivity index is 0.938. The highest BCUT2D eigenvalue weighted by molar-refractivity contribution is 5.92. The monoisotopic (exact) mass is 794 g/mol. The number of anilines is 2. The molecule has 2 atom stereocenters. The summed E-state index contributed by atoms with van der Waals surface area (Å²) in [6, 6.07) is 72.5. The molecule has 1 aliphatic heterocycles. The van der Waals surface area contributed by atoms with Gasteiger partial charge >= 0.3 is 0 Å². The first kappa shape index (κ1) is 35.8. The van der Waals surface area contributed by atoms with Crippen LogP contribution in [0.15, 0.2) is 217 Å². The van der Waals surface area contributed by atoms with Crippen molar-refractivity contribution in [1.82, 2.24) is 15.0 Å². The molecule has 0 fully saturated rings. The molecule has 8 aromatic carbocycles. The summed E-state index contributed by atoms with van der Waals surface area (Å²) in [5.74, 6) is 2.79. The molecule has 2 unspecified atom stereocenters. The van der Waals surface area contributed by atoms with E-state index in [-0.39, 0.29) is 12.0 Å². The molecule has 292 valence electrons. The molecule has 1 aliphatic carbocycles. The van der Waals surface area contributed by atoms with Crippen molar-refractivity contribution in [2.24, 2.45) is 0 Å². The van der Waals surface area contributed by atoms with Gasteiger partial charge in [0.1, 0.15) is 11.3 Å². The third-order valence-corrected chi connectivity index (χ3v) is 12.3. The van der Waals surface area contributed by atoms with Crippen LogP contribution in [0.5, 0.6) is 0 Å². The zero-order valence-electron chi connectivity index (χ0n) is 33.6. The van der Waals surface area contributed by atoms with E-state index in [2.05, 4.69) is 211 Å². The van der Waals surface area contributed by atoms with Crippen molar-refractivity contribution in [2.75, 3.05) is 4.90 Å². The van der Waals surface area contributed by atoms with Gasteiger partial charge in [-0.25, -0.2) is 15.0 Å². The van der Waals surface area contributed by atoms with E-state index in [9.17, 15) is 0 Å². The molecule has 2 aliphatic rings. The zero-order valence-corrected chi connectivity index (χ0v) is 33.6. The largest absolute Gasteiger partial charge is 0.456 e. The number of para-hydroxylation sites is 1. The van der Waals surface area contributed by atoms with Crippen molar-refractivity contribution >= 4 is 28.4 Å². The maximum Gasteiger partial charge on any atom is 0.164 e. The van der Waals surface area contributed by atoms with Crippen LogP contribution in [0.4, 0.5) is 11.4 Å². The van der Waals surface area contributed by atoms with Crippen LogP contribution in [-0.2, 0) is 0 Å². The average Bonchev–Trinajstić information content (AvgIpc) is 3.90. The molecule has 2 aromatic heterocycles. The summed E-state index contributed by atoms with van der Waals surface area (Å²) in [4.78, 5) is 17.8. The highest BCUT2D eigenvalue weighted by Crippen LogP contribution is 2.54. The van der Waals surface area contributed by atoms with Crippen LogP contribution in [-0.4, -0.2) is 21.0 Å². The van der Waals surface area contributed by atoms with Crippen molar-refractivity contribution in [2.45, 2.75) is 12.0 Å². The van der Waals surface area contributed by atoms with E-state index in [4.69, 9.17) is 19.4 Å². The summed E-state index contributed by atoms with van der Waals surface area (Å²) in [6.45, 7) is 0. The molecule has 5 heteroatoms. The summed E-state index contributed by atoms with van der Waals surface area (Å²) >= 11 is 0. The first-order valence-corrected chi connectivity index (χ1v) is 21.1. The number of benzene rings is 8. The lowest BCUT2D eigenvalue weighted by atomic mass is 9.82. The smallest absolute Gasteiger partial charge is 0.164 e. The lowest BCUT2D eigenvalue weighted by Crippen LogP contribution is -2.30. The molecule has 0 amide bonds. The lowest BCUT2D eigenvalue weighted by molar-refractivity contribution is 0.584. The fourth-order valence-corrected chi connectivity index (χ4v) is 9.32. The second kappa shape index (κ2) is 14.8. The van der Waals surface area contributed by atoms with Crippen LogP contribution in [0.25, 0.3) is 84.6 Å². The van der Waals surface area contributed by atoms with Crippen LogP contribution >= 0.6 is 0 Å². The van der Waals surface area contributed by atoms with Gasteiger partial charge in [0.25, 0.3) is 0 Å². The SMILES string of the molecule is C1=CC2C(c3ccccc3N2c2cccc(-c3ccccc3)c2)c2c1oc1cc(-c3nc(-c4ccc(-c5ccccc5)cc4)nc(-c4ccc(-c5ccccc5)cc4)n3)ccc21. The molecule has 0 radical (unpaired) electrons. The van der Waals surface area contributed by atoms with Gasteiger partial charge in [-0.1, -0.05) is 188 Å². The van der Waals surface area contributed by atoms with Crippen LogP contribution in [0.1, 0.15) is 22.8 Å². The third kappa shape index (κ3) is 6.22. The number of rotatable bonds is 7. The van der Waals surface area contributed by atoms with Gasteiger partial charge < -0.3 is 9.32 Å². The normalized spacial score (nSPS) is 15.0. The standard InChI is InChI=1S/C57H38N4O/c1-4-13-37(14-5-1)40-23-27-42(28-24-40)55-58-56(43-29-25-41(26-30-43)38-15-6-2-7-16-38)60-57(59-55)45-31-32-48-52(36-45)62-51-34-33-50-53(54(48)51)47-21-10-11-22-49(47)61(50)46-20-12-19-44(35-46)39-17-8-3-9-18-39/h1-36,50,53H. The maximum atomic E-state index is 6.76. The summed E-state index contributed by atoms with van der Waals surface area (Å²) in [5.41, 5.74) is 15.4. The van der Waals surface area contributed by atoms with E-state index < -0.39 is 0 Å². The predicted octanol–water partition coefficient (Wildman–Crippen LogP) is 14.3. The van der Waals surface area contributed by atoms with Crippen LogP contribution in [0.3, 0.4) is 0 Å². The van der Waals surface area contributed by atoms with Crippen LogP contribution in [0.2, 0.25) is 0 Å². The lowest BCUT2D eigenvalue weighted by Gasteiger charge is -2.30. The Bertz CT molecular complexity index is 3180. The molecule has 0 saturated carbocycles. The molecule has 5 nitrogen and oxygen atoms in total. The number of aromatic nitrogens is 3. The second-order valence-corrected chi connectivity index (χ2v) is 16.0. The van der Waals surface area contributed by atoms with Crippen LogP contribution in [0, 0.1) is 0 Å². The van der Waals surface area contributed by atoms with Gasteiger partial charge in [-0.15, -0.1) is 0 Å². The quantitative estimate of drug-likeness (QED) is 0.161. The average molecular weight is 795 g/mol. The van der Waals surface area contributed by atoms with E-state index in [0.29, 0.717) is 17.5 Å². The second-order valence-electron chi connectivity index (χ2n) is 16.0. The first-order valence-electron chi connectivity index (χ1n) is 21.1. The van der Waals surface area contributed by atoms with E-state index in [1.165, 1.54) is 33.6 Å². The Kier molecular flexibility index (Phi) is 8.56. The minimum atomic E-state index is 0.0848. The molecular formula is C57H38N4O. The summed E-state index contributed by atoms with van der Waals surface area (Å²) < 4.78 is 6.76. The van der Waals surface area contributed by atoms with E-state index in [1.807, 2.05) is 12.1 Å². The first-order chi connectivity index (χ1) is 30.7. The molecule has 3 heterocycles. The van der Waals surface area contributed by atoms with Crippen molar-refractivity contribution in [3.8, 4) is 67.5 Å². The van der Waals surface area contributed by atoms with Crippen molar-refractivity contribution < 1.29 is 4.42 Å². The van der Waals surface area contributed by atoms with Gasteiger partial charge in [0.15, 0.2) is 17.5 Å². The summed E-state index contributed by atoms with van der Waals surface area (Å²) in [5, 5.41) is 1.10. The van der Waals surface area contributed by atoms with Crippen LogP contribution < -0.4 is 4.90 Å². The Hall–Kier alpha value is -8.15. The molecule has 62 heavy (non-hydrogen) atoms. The van der Waals surface area contributed by atoms with Gasteiger partial charge in [0.2, 0.25) is 0 Å². The van der Waals surface area contributed by atoms with Crippen molar-refractivity contribution in [3.63, 3.8) is 0 Å². The number of furan rings is 1. The predicted molar refractivity (Wildman–Crippen MR) is 252 cm³/mol. The van der Waals surface area contributed by atoms with Gasteiger partial charge in [0, 0.05) is 44.9 Å². The molecule has 0 bridgehead atoms. The van der Waals surface area contributed by atoms with Gasteiger partial charge in [-0.2, -0.15) is 0 Å². The number of fused-ring (bicyclic) bond motifs is 7. The van der Waals surface area contributed by atoms with E-state index in [1.54, 1.807) is 0 Å². The fraction of sp³-hybridized carbons (Fsp3) is 0.0351. The van der Waals surface area contributed by atoms with Crippen molar-refractivity contribution in [1.29, 1.82) is 0 Å². The highest BCUT2D eigenvalue weighted by Gasteiger charge is 2.43. The maximum absolute atomic E-state index is 6.76. The number of hydrogen-bond acceptors (Lipinski definition) is 5. The van der Waals surface area contributed by atoms with Crippen molar-refractivity contribution in [3.05, 3.63) is 229 Å². The number of nitrogens with zero attached hydrogens (tertiary/aromatic N) is 4. The van der Waals surface area contributed by atoms with E-state index in [0.717, 1.165) is 55.7 Å². The van der Waals surface area contributed by atoms with Gasteiger partial charge in [0.05, 0.1) is 6.04 Å². The van der Waals surface area contributed by atoms with E-state index >= 15 is 0 Å². The molecule has 0 spiro atoms. The Labute approximate surface area is 360 Å². The third-order valence-electron chi connectivity index (χ3n) is 12.3. The minimum absolute atomic E-state index is 0.0848. The van der Waals surface area contributed by atoms with Gasteiger partial charge in [-0.05, 0) is 69.3 Å². The molecule has 0 N–H and O–H groups in total. The minimum Gasteiger partial charge on any atom is -0.456 e. The number of hydrogen-bond donors (Lipinski definition) is 0. The fourth-order valence-electron chi connectivity index (χ4n) is 9.32. The molecule has 12 rings (SSSR count). The zero-order chi connectivity index (χ0) is 41.0. The molecule has 0 saturated heterocycles. The summed E-state index contributed by atoms with van der Waals surface area (Å²) in [7, 11) is 0. The Morgan fingerprint density at radius 3 is 1.50 bits per heavy atom. The Morgan fingerprint density at radius 1 is 0.403 bits per heavy atom.